The van der Waals surface area contributed by atoms with E-state index < -0.39 is 5.60 Å². The number of para-hydroxylation sites is 1. The van der Waals surface area contributed by atoms with E-state index in [1.54, 1.807) is 36.6 Å². The van der Waals surface area contributed by atoms with Crippen molar-refractivity contribution in [2.75, 3.05) is 32.0 Å². The van der Waals surface area contributed by atoms with Crippen LogP contribution in [-0.2, 0) is 4.74 Å². The molecule has 5 rings (SSSR count). The lowest BCUT2D eigenvalue weighted by atomic mass is 9.87. The lowest BCUT2D eigenvalue weighted by Gasteiger charge is -2.24. The predicted octanol–water partition coefficient (Wildman–Crippen LogP) is 5.08. The van der Waals surface area contributed by atoms with Gasteiger partial charge in [-0.25, -0.2) is 24.7 Å². The number of carbonyl (C=O) groups excluding carboxylic acids is 2. The number of likely N-dealkylation sites (tertiary alicyclic amines) is 1. The second kappa shape index (κ2) is 13.4. The highest BCUT2D eigenvalue weighted by molar-refractivity contribution is 6.06. The fourth-order valence-electron chi connectivity index (χ4n) is 5.23. The van der Waals surface area contributed by atoms with E-state index in [0.29, 0.717) is 43.1 Å². The zero-order valence-corrected chi connectivity index (χ0v) is 26.6. The summed E-state index contributed by atoms with van der Waals surface area (Å²) in [6, 6.07) is 9.84. The van der Waals surface area contributed by atoms with Gasteiger partial charge in [0.15, 0.2) is 0 Å². The van der Waals surface area contributed by atoms with E-state index in [9.17, 15) is 9.59 Å². The molecule has 0 radical (unpaired) electrons. The van der Waals surface area contributed by atoms with Crippen molar-refractivity contribution in [3.05, 3.63) is 66.4 Å². The average Bonchev–Trinajstić information content (AvgIpc) is 3.51. The number of aromatic nitrogens is 5. The fraction of sp³-hybridized carbons (Fsp3) is 0.424. The smallest absolute Gasteiger partial charge is 0.410 e. The van der Waals surface area contributed by atoms with Crippen LogP contribution >= 0.6 is 0 Å². The molecule has 0 saturated carbocycles. The van der Waals surface area contributed by atoms with Gasteiger partial charge in [0.05, 0.1) is 23.3 Å². The Balaban J connectivity index is 1.19. The second-order valence-corrected chi connectivity index (χ2v) is 12.3. The summed E-state index contributed by atoms with van der Waals surface area (Å²) in [5.41, 5.74) is 3.40. The number of fused-ring (bicyclic) bond motifs is 1. The molecule has 3 aromatic heterocycles. The van der Waals surface area contributed by atoms with Crippen molar-refractivity contribution >= 4 is 28.7 Å². The van der Waals surface area contributed by atoms with Gasteiger partial charge in [-0.15, -0.1) is 0 Å². The first-order valence-electron chi connectivity index (χ1n) is 15.1. The summed E-state index contributed by atoms with van der Waals surface area (Å²) in [4.78, 5) is 48.6. The highest BCUT2D eigenvalue weighted by atomic mass is 16.6. The zero-order chi connectivity index (χ0) is 32.1. The van der Waals surface area contributed by atoms with E-state index in [4.69, 9.17) is 9.47 Å². The maximum atomic E-state index is 12.4. The van der Waals surface area contributed by atoms with E-state index >= 15 is 0 Å². The molecule has 1 saturated heterocycles. The molecule has 1 aromatic carbocycles. The monoisotopic (exact) mass is 612 g/mol. The number of benzene rings is 1. The topological polar surface area (TPSA) is 144 Å². The number of hydrogen-bond donors (Lipinski definition) is 2. The molecule has 1 aliphatic rings. The third-order valence-corrected chi connectivity index (χ3v) is 7.88. The molecule has 4 aromatic rings. The van der Waals surface area contributed by atoms with Gasteiger partial charge >= 0.3 is 12.1 Å². The van der Waals surface area contributed by atoms with Gasteiger partial charge < -0.3 is 25.0 Å². The van der Waals surface area contributed by atoms with Crippen LogP contribution in [0.2, 0.25) is 0 Å². The van der Waals surface area contributed by atoms with Crippen LogP contribution in [0.5, 0.6) is 6.01 Å². The van der Waals surface area contributed by atoms with Crippen LogP contribution in [0.1, 0.15) is 62.9 Å². The first kappa shape index (κ1) is 31.6. The van der Waals surface area contributed by atoms with Gasteiger partial charge in [-0.1, -0.05) is 32.0 Å². The van der Waals surface area contributed by atoms with Gasteiger partial charge in [0.25, 0.3) is 5.91 Å². The van der Waals surface area contributed by atoms with Crippen molar-refractivity contribution in [1.82, 2.24) is 35.1 Å². The molecular formula is C33H40N8O4. The van der Waals surface area contributed by atoms with Gasteiger partial charge in [0.2, 0.25) is 0 Å². The number of pyridine rings is 1. The average molecular weight is 613 g/mol. The van der Waals surface area contributed by atoms with Crippen molar-refractivity contribution in [3.63, 3.8) is 0 Å². The molecule has 0 bridgehead atoms. The SMILES string of the molecule is CNC(=O)c1ccnc2c(C(C)[C@H](C)CNc3cc(-c4cnc(OC5CCN(C(=O)OC(C)(C)C)C5)nc4)ncn3)cccc12. The standard InChI is InChI=1S/C33H40N8O4/c1-20(21(2)24-8-7-9-25-26(30(42)34-6)10-12-35-29(24)25)15-36-28-14-27(39-19-40-28)22-16-37-31(38-17-22)44-23-11-13-41(18-23)32(43)45-33(3,4)5/h7-10,12,14,16-17,19-21,23H,11,13,15,18H2,1-6H3,(H,34,42)(H,36,39,40)/t20-,21?,23?/m1/s1. The Morgan fingerprint density at radius 3 is 2.58 bits per heavy atom. The molecular weight excluding hydrogens is 572 g/mol. The van der Waals surface area contributed by atoms with Crippen LogP contribution in [0.4, 0.5) is 10.6 Å². The molecule has 2 unspecified atom stereocenters. The van der Waals surface area contributed by atoms with Gasteiger partial charge in [-0.3, -0.25) is 9.78 Å². The molecule has 0 spiro atoms. The number of ether oxygens (including phenoxy) is 2. The highest BCUT2D eigenvalue weighted by Crippen LogP contribution is 2.31. The largest absolute Gasteiger partial charge is 0.458 e. The van der Waals surface area contributed by atoms with Crippen LogP contribution in [0.25, 0.3) is 22.2 Å². The van der Waals surface area contributed by atoms with Crippen molar-refractivity contribution in [2.45, 2.75) is 58.7 Å². The number of carbonyl (C=O) groups is 2. The third-order valence-electron chi connectivity index (χ3n) is 7.88. The summed E-state index contributed by atoms with van der Waals surface area (Å²) in [6.07, 6.45) is 6.66. The molecule has 2 N–H and O–H groups in total. The number of hydrogen-bond acceptors (Lipinski definition) is 10. The van der Waals surface area contributed by atoms with Gasteiger partial charge in [-0.05, 0) is 44.2 Å². The van der Waals surface area contributed by atoms with Crippen LogP contribution < -0.4 is 15.4 Å². The van der Waals surface area contributed by atoms with Crippen LogP contribution in [-0.4, -0.2) is 80.2 Å². The van der Waals surface area contributed by atoms with E-state index in [0.717, 1.165) is 22.0 Å². The summed E-state index contributed by atoms with van der Waals surface area (Å²) in [5, 5.41) is 6.98. The van der Waals surface area contributed by atoms with Crippen molar-refractivity contribution in [2.24, 2.45) is 5.92 Å². The Morgan fingerprint density at radius 2 is 1.84 bits per heavy atom. The molecule has 1 aliphatic heterocycles. The van der Waals surface area contributed by atoms with E-state index in [2.05, 4.69) is 55.5 Å². The predicted molar refractivity (Wildman–Crippen MR) is 171 cm³/mol. The fourth-order valence-corrected chi connectivity index (χ4v) is 5.23. The van der Waals surface area contributed by atoms with Crippen LogP contribution in [0.3, 0.4) is 0 Å². The summed E-state index contributed by atoms with van der Waals surface area (Å²) in [7, 11) is 1.63. The quantitative estimate of drug-likeness (QED) is 0.262. The Labute approximate surface area is 263 Å². The summed E-state index contributed by atoms with van der Waals surface area (Å²) < 4.78 is 11.4. The number of nitrogens with zero attached hydrogens (tertiary/aromatic N) is 6. The lowest BCUT2D eigenvalue weighted by Crippen LogP contribution is -2.36. The van der Waals surface area contributed by atoms with Gasteiger partial charge in [0.1, 0.15) is 23.9 Å². The van der Waals surface area contributed by atoms with Gasteiger partial charge in [0, 0.05) is 62.2 Å². The molecule has 45 heavy (non-hydrogen) atoms. The minimum Gasteiger partial charge on any atom is -0.458 e. The molecule has 236 valence electrons. The van der Waals surface area contributed by atoms with Gasteiger partial charge in [-0.2, -0.15) is 0 Å². The van der Waals surface area contributed by atoms with E-state index in [1.807, 2.05) is 39.0 Å². The Hall–Kier alpha value is -4.87. The number of anilines is 1. The number of amides is 2. The minimum absolute atomic E-state index is 0.130. The molecule has 12 nitrogen and oxygen atoms in total. The molecule has 4 heterocycles. The normalized spacial score (nSPS) is 16.2. The summed E-state index contributed by atoms with van der Waals surface area (Å²) in [5.74, 6) is 0.938. The molecule has 0 aliphatic carbocycles. The molecule has 3 atom stereocenters. The van der Waals surface area contributed by atoms with Crippen LogP contribution in [0, 0.1) is 5.92 Å². The Bertz CT molecular complexity index is 1660. The number of nitrogens with one attached hydrogen (secondary N) is 2. The summed E-state index contributed by atoms with van der Waals surface area (Å²) >= 11 is 0. The van der Waals surface area contributed by atoms with Crippen molar-refractivity contribution < 1.29 is 19.1 Å². The first-order chi connectivity index (χ1) is 21.5. The Morgan fingerprint density at radius 1 is 1.07 bits per heavy atom. The third kappa shape index (κ3) is 7.62. The van der Waals surface area contributed by atoms with Crippen LogP contribution in [0.15, 0.2) is 55.2 Å². The zero-order valence-electron chi connectivity index (χ0n) is 26.6. The molecule has 12 heteroatoms. The van der Waals surface area contributed by atoms with E-state index in [1.165, 1.54) is 6.33 Å². The maximum Gasteiger partial charge on any atom is 0.410 e. The Kier molecular flexibility index (Phi) is 9.40. The van der Waals surface area contributed by atoms with Crippen molar-refractivity contribution in [3.8, 4) is 17.3 Å². The highest BCUT2D eigenvalue weighted by Gasteiger charge is 2.31. The summed E-state index contributed by atoms with van der Waals surface area (Å²) in [6.45, 7) is 11.5. The van der Waals surface area contributed by atoms with Crippen molar-refractivity contribution in [1.29, 1.82) is 0 Å². The molecule has 1 fully saturated rings. The minimum atomic E-state index is -0.544. The lowest BCUT2D eigenvalue weighted by molar-refractivity contribution is 0.0274. The number of rotatable bonds is 9. The maximum absolute atomic E-state index is 12.4. The first-order valence-corrected chi connectivity index (χ1v) is 15.1. The molecule has 2 amide bonds. The second-order valence-electron chi connectivity index (χ2n) is 12.3. The van der Waals surface area contributed by atoms with E-state index in [-0.39, 0.29) is 36.0 Å².